The van der Waals surface area contributed by atoms with Crippen molar-refractivity contribution in [2.75, 3.05) is 13.1 Å². The lowest BCUT2D eigenvalue weighted by Crippen LogP contribution is -2.44. The van der Waals surface area contributed by atoms with Crippen LogP contribution in [0.4, 0.5) is 0 Å². The maximum Gasteiger partial charge on any atom is 0.243 e. The van der Waals surface area contributed by atoms with Crippen molar-refractivity contribution < 1.29 is 13.2 Å². The highest BCUT2D eigenvalue weighted by Crippen LogP contribution is 2.24. The molecule has 0 bridgehead atoms. The lowest BCUT2D eigenvalue weighted by molar-refractivity contribution is -0.126. The minimum absolute atomic E-state index is 0.0392. The van der Waals surface area contributed by atoms with Gasteiger partial charge in [-0.3, -0.25) is 4.79 Å². The Kier molecular flexibility index (Phi) is 6.86. The summed E-state index contributed by atoms with van der Waals surface area (Å²) in [5.41, 5.74) is 1.27. The molecule has 1 aliphatic rings. The molecule has 1 amide bonds. The van der Waals surface area contributed by atoms with E-state index in [-0.39, 0.29) is 17.9 Å². The number of carbonyl (C=O) groups excluding carboxylic acids is 1. The van der Waals surface area contributed by atoms with E-state index in [0.29, 0.717) is 30.8 Å². The third kappa shape index (κ3) is 5.20. The largest absolute Gasteiger partial charge is 0.353 e. The van der Waals surface area contributed by atoms with Crippen LogP contribution in [0.1, 0.15) is 31.7 Å². The summed E-state index contributed by atoms with van der Waals surface area (Å²) in [7, 11) is -3.47. The lowest BCUT2D eigenvalue weighted by Gasteiger charge is -2.31. The molecule has 1 fully saturated rings. The summed E-state index contributed by atoms with van der Waals surface area (Å²) in [6, 6.07) is 18.8. The monoisotopic (exact) mass is 400 g/mol. The second kappa shape index (κ2) is 9.34. The van der Waals surface area contributed by atoms with Crippen LogP contribution in [0.3, 0.4) is 0 Å². The van der Waals surface area contributed by atoms with E-state index in [2.05, 4.69) is 17.4 Å². The van der Waals surface area contributed by atoms with Gasteiger partial charge in [0.2, 0.25) is 15.9 Å². The maximum absolute atomic E-state index is 12.7. The zero-order valence-corrected chi connectivity index (χ0v) is 17.1. The Hall–Kier alpha value is -2.18. The van der Waals surface area contributed by atoms with Crippen LogP contribution in [-0.2, 0) is 21.2 Å². The highest BCUT2D eigenvalue weighted by Gasteiger charge is 2.32. The van der Waals surface area contributed by atoms with Crippen molar-refractivity contribution >= 4 is 15.9 Å². The molecular weight excluding hydrogens is 372 g/mol. The Morgan fingerprint density at radius 3 is 2.21 bits per heavy atom. The molecule has 0 aromatic heterocycles. The predicted molar refractivity (Wildman–Crippen MR) is 110 cm³/mol. The minimum atomic E-state index is -3.47. The standard InChI is InChI=1S/C22H28N2O3S/c1-18(12-13-19-8-4-2-5-9-19)23-22(25)20-14-16-24(17-15-20)28(26,27)21-10-6-3-7-11-21/h2-11,18,20H,12-17H2,1H3,(H,23,25). The highest BCUT2D eigenvalue weighted by molar-refractivity contribution is 7.89. The third-order valence-electron chi connectivity index (χ3n) is 5.30. The van der Waals surface area contributed by atoms with Gasteiger partial charge in [0, 0.05) is 25.0 Å². The van der Waals surface area contributed by atoms with E-state index < -0.39 is 10.0 Å². The number of carbonyl (C=O) groups is 1. The van der Waals surface area contributed by atoms with Gasteiger partial charge in [0.05, 0.1) is 4.90 Å². The van der Waals surface area contributed by atoms with Gasteiger partial charge >= 0.3 is 0 Å². The Balaban J connectivity index is 1.47. The van der Waals surface area contributed by atoms with Gasteiger partial charge in [-0.2, -0.15) is 4.31 Å². The first-order valence-electron chi connectivity index (χ1n) is 9.86. The molecule has 0 radical (unpaired) electrons. The van der Waals surface area contributed by atoms with Crippen molar-refractivity contribution in [2.45, 2.75) is 43.5 Å². The Labute approximate surface area is 167 Å². The molecule has 0 spiro atoms. The number of sulfonamides is 1. The summed E-state index contributed by atoms with van der Waals surface area (Å²) in [4.78, 5) is 12.9. The molecule has 1 aliphatic heterocycles. The maximum atomic E-state index is 12.7. The van der Waals surface area contributed by atoms with Crippen molar-refractivity contribution in [3.05, 3.63) is 66.2 Å². The number of benzene rings is 2. The minimum Gasteiger partial charge on any atom is -0.353 e. The van der Waals surface area contributed by atoms with Crippen LogP contribution in [0.15, 0.2) is 65.6 Å². The van der Waals surface area contributed by atoms with Crippen LogP contribution in [0.2, 0.25) is 0 Å². The molecule has 5 nitrogen and oxygen atoms in total. The van der Waals surface area contributed by atoms with Gasteiger partial charge < -0.3 is 5.32 Å². The third-order valence-corrected chi connectivity index (χ3v) is 7.22. The summed E-state index contributed by atoms with van der Waals surface area (Å²) in [6.07, 6.45) is 2.93. The van der Waals surface area contributed by atoms with Crippen molar-refractivity contribution in [3.63, 3.8) is 0 Å². The van der Waals surface area contributed by atoms with Crippen LogP contribution in [-0.4, -0.2) is 37.8 Å². The quantitative estimate of drug-likeness (QED) is 0.776. The zero-order valence-electron chi connectivity index (χ0n) is 16.3. The van der Waals surface area contributed by atoms with Gasteiger partial charge in [0.1, 0.15) is 0 Å². The number of nitrogens with zero attached hydrogens (tertiary/aromatic N) is 1. The fourth-order valence-electron chi connectivity index (χ4n) is 3.56. The summed E-state index contributed by atoms with van der Waals surface area (Å²) in [5.74, 6) is -0.0845. The number of hydrogen-bond donors (Lipinski definition) is 1. The van der Waals surface area contributed by atoms with E-state index in [1.165, 1.54) is 9.87 Å². The van der Waals surface area contributed by atoms with Gasteiger partial charge in [-0.15, -0.1) is 0 Å². The van der Waals surface area contributed by atoms with Crippen LogP contribution in [0.5, 0.6) is 0 Å². The molecule has 1 unspecified atom stereocenters. The second-order valence-electron chi connectivity index (χ2n) is 7.43. The SMILES string of the molecule is CC(CCc1ccccc1)NC(=O)C1CCN(S(=O)(=O)c2ccccc2)CC1. The smallest absolute Gasteiger partial charge is 0.243 e. The first kappa shape index (κ1) is 20.6. The van der Waals surface area contributed by atoms with E-state index >= 15 is 0 Å². The highest BCUT2D eigenvalue weighted by atomic mass is 32.2. The van der Waals surface area contributed by atoms with Crippen LogP contribution < -0.4 is 5.32 Å². The molecule has 1 atom stereocenters. The topological polar surface area (TPSA) is 66.5 Å². The number of aryl methyl sites for hydroxylation is 1. The Bertz CT molecular complexity index is 861. The van der Waals surface area contributed by atoms with Crippen molar-refractivity contribution in [3.8, 4) is 0 Å². The summed E-state index contributed by atoms with van der Waals surface area (Å²) in [5, 5.41) is 3.10. The normalized spacial score (nSPS) is 17.2. The molecule has 150 valence electrons. The number of rotatable bonds is 7. The number of nitrogens with one attached hydrogen (secondary N) is 1. The average Bonchev–Trinajstić information content (AvgIpc) is 2.73. The Morgan fingerprint density at radius 2 is 1.61 bits per heavy atom. The molecule has 2 aromatic rings. The van der Waals surface area contributed by atoms with Crippen molar-refractivity contribution in [2.24, 2.45) is 5.92 Å². The summed E-state index contributed by atoms with van der Waals surface area (Å²) in [6.45, 7) is 2.79. The van der Waals surface area contributed by atoms with Crippen LogP contribution in [0, 0.1) is 5.92 Å². The first-order chi connectivity index (χ1) is 13.5. The molecule has 0 aliphatic carbocycles. The van der Waals surface area contributed by atoms with Gasteiger partial charge in [-0.05, 0) is 50.3 Å². The predicted octanol–water partition coefficient (Wildman–Crippen LogP) is 3.22. The first-order valence-corrected chi connectivity index (χ1v) is 11.3. The van der Waals surface area contributed by atoms with E-state index in [1.807, 2.05) is 25.1 Å². The van der Waals surface area contributed by atoms with Gasteiger partial charge in [0.15, 0.2) is 0 Å². The van der Waals surface area contributed by atoms with Crippen LogP contribution >= 0.6 is 0 Å². The fourth-order valence-corrected chi connectivity index (χ4v) is 5.05. The summed E-state index contributed by atoms with van der Waals surface area (Å²) >= 11 is 0. The fraction of sp³-hybridized carbons (Fsp3) is 0.409. The van der Waals surface area contributed by atoms with Crippen LogP contribution in [0.25, 0.3) is 0 Å². The second-order valence-corrected chi connectivity index (χ2v) is 9.36. The molecule has 28 heavy (non-hydrogen) atoms. The summed E-state index contributed by atoms with van der Waals surface area (Å²) < 4.78 is 26.9. The van der Waals surface area contributed by atoms with Crippen molar-refractivity contribution in [1.29, 1.82) is 0 Å². The number of hydrogen-bond acceptors (Lipinski definition) is 3. The Morgan fingerprint density at radius 1 is 1.04 bits per heavy atom. The zero-order chi connectivity index (χ0) is 20.0. The number of piperidine rings is 1. The van der Waals surface area contributed by atoms with Gasteiger partial charge in [0.25, 0.3) is 0 Å². The molecule has 0 saturated carbocycles. The molecule has 3 rings (SSSR count). The number of amides is 1. The van der Waals surface area contributed by atoms with Crippen molar-refractivity contribution in [1.82, 2.24) is 9.62 Å². The molecular formula is C22H28N2O3S. The van der Waals surface area contributed by atoms with E-state index in [0.717, 1.165) is 12.8 Å². The van der Waals surface area contributed by atoms with Gasteiger partial charge in [-0.1, -0.05) is 48.5 Å². The molecule has 6 heteroatoms. The average molecular weight is 401 g/mol. The molecule has 1 heterocycles. The van der Waals surface area contributed by atoms with Gasteiger partial charge in [-0.25, -0.2) is 8.42 Å². The van der Waals surface area contributed by atoms with E-state index in [4.69, 9.17) is 0 Å². The lowest BCUT2D eigenvalue weighted by atomic mass is 9.96. The molecule has 1 saturated heterocycles. The van der Waals surface area contributed by atoms with E-state index in [9.17, 15) is 13.2 Å². The molecule has 2 aromatic carbocycles. The molecule has 1 N–H and O–H groups in total. The van der Waals surface area contributed by atoms with E-state index in [1.54, 1.807) is 30.3 Å².